The van der Waals surface area contributed by atoms with Crippen molar-refractivity contribution >= 4 is 39.7 Å². The molecule has 0 bridgehead atoms. The van der Waals surface area contributed by atoms with Gasteiger partial charge in [-0.15, -0.1) is 0 Å². The minimum Gasteiger partial charge on any atom is -0.310 e. The van der Waals surface area contributed by atoms with E-state index in [-0.39, 0.29) is 0 Å². The first-order valence-electron chi connectivity index (χ1n) is 24.1. The first kappa shape index (κ1) is 40.5. The standard InChI is InChI=1S/C67H48N2/c1-5-20-47(21-6-1)50-38-40-54(41-39-50)69(56-31-18-27-52(45-56)49-24-9-3-10-25-49)65-37-19-36-63-66(65)60-33-14-16-35-62(60)67(63)61-34-15-13-32-58(61)59-43-42-57(46-64(59)67)68(53-28-11-4-12-29-53)55-30-17-26-51(44-55)48-22-7-2-8-23-48/h1-15,17-34,36-46H,16,35H2. The Morgan fingerprint density at radius 3 is 1.45 bits per heavy atom. The Hall–Kier alpha value is -8.72. The number of benzene rings is 10. The molecule has 0 radical (unpaired) electrons. The molecule has 2 heteroatoms. The van der Waals surface area contributed by atoms with Crippen LogP contribution in [0.25, 0.3) is 50.1 Å². The van der Waals surface area contributed by atoms with Gasteiger partial charge in [-0.3, -0.25) is 0 Å². The minimum absolute atomic E-state index is 0.504. The lowest BCUT2D eigenvalue weighted by Crippen LogP contribution is -2.28. The predicted octanol–water partition coefficient (Wildman–Crippen LogP) is 18.1. The molecule has 69 heavy (non-hydrogen) atoms. The van der Waals surface area contributed by atoms with Crippen molar-refractivity contribution in [3.05, 3.63) is 295 Å². The van der Waals surface area contributed by atoms with Gasteiger partial charge in [0.2, 0.25) is 0 Å². The molecule has 3 aliphatic rings. The molecule has 0 aromatic heterocycles. The first-order valence-corrected chi connectivity index (χ1v) is 24.1. The van der Waals surface area contributed by atoms with E-state index in [0.29, 0.717) is 0 Å². The zero-order chi connectivity index (χ0) is 45.7. The smallest absolute Gasteiger partial charge is 0.0690 e. The van der Waals surface area contributed by atoms with Gasteiger partial charge < -0.3 is 9.80 Å². The number of para-hydroxylation sites is 1. The van der Waals surface area contributed by atoms with Gasteiger partial charge in [0, 0.05) is 34.0 Å². The van der Waals surface area contributed by atoms with Gasteiger partial charge in [0.15, 0.2) is 0 Å². The van der Waals surface area contributed by atoms with Gasteiger partial charge in [-0.25, -0.2) is 0 Å². The summed E-state index contributed by atoms with van der Waals surface area (Å²) in [5.41, 5.74) is 24.2. The number of fused-ring (bicyclic) bond motifs is 9. The fourth-order valence-corrected chi connectivity index (χ4v) is 11.6. The van der Waals surface area contributed by atoms with Gasteiger partial charge in [0.05, 0.1) is 11.1 Å². The van der Waals surface area contributed by atoms with Crippen LogP contribution in [-0.2, 0) is 5.41 Å². The molecule has 1 atom stereocenters. The van der Waals surface area contributed by atoms with Crippen LogP contribution < -0.4 is 9.80 Å². The number of nitrogens with zero attached hydrogens (tertiary/aromatic N) is 2. The van der Waals surface area contributed by atoms with Crippen molar-refractivity contribution in [2.24, 2.45) is 0 Å². The average Bonchev–Trinajstić information content (AvgIpc) is 3.90. The molecule has 0 saturated carbocycles. The van der Waals surface area contributed by atoms with E-state index in [0.717, 1.165) is 41.3 Å². The summed E-state index contributed by atoms with van der Waals surface area (Å²) in [4.78, 5) is 4.94. The zero-order valence-corrected chi connectivity index (χ0v) is 38.2. The molecule has 1 unspecified atom stereocenters. The molecule has 10 aromatic rings. The van der Waals surface area contributed by atoms with Crippen LogP contribution >= 0.6 is 0 Å². The predicted molar refractivity (Wildman–Crippen MR) is 289 cm³/mol. The number of rotatable bonds is 9. The van der Waals surface area contributed by atoms with Crippen LogP contribution in [0.4, 0.5) is 34.1 Å². The molecule has 0 heterocycles. The molecular weight excluding hydrogens is 833 g/mol. The van der Waals surface area contributed by atoms with Crippen molar-refractivity contribution in [3.63, 3.8) is 0 Å². The van der Waals surface area contributed by atoms with E-state index < -0.39 is 5.41 Å². The van der Waals surface area contributed by atoms with Crippen LogP contribution in [-0.4, -0.2) is 0 Å². The summed E-state index contributed by atoms with van der Waals surface area (Å²) in [6.07, 6.45) is 6.79. The zero-order valence-electron chi connectivity index (χ0n) is 38.2. The summed E-state index contributed by atoms with van der Waals surface area (Å²) in [5.74, 6) is 0. The van der Waals surface area contributed by atoms with Crippen LogP contribution in [0.1, 0.15) is 35.1 Å². The second-order valence-corrected chi connectivity index (χ2v) is 18.3. The van der Waals surface area contributed by atoms with E-state index in [2.05, 4.69) is 277 Å². The second-order valence-electron chi connectivity index (χ2n) is 18.3. The van der Waals surface area contributed by atoms with E-state index in [4.69, 9.17) is 0 Å². The van der Waals surface area contributed by atoms with Crippen molar-refractivity contribution in [3.8, 4) is 44.5 Å². The number of hydrogen-bond acceptors (Lipinski definition) is 2. The fourth-order valence-electron chi connectivity index (χ4n) is 11.6. The molecule has 13 rings (SSSR count). The van der Waals surface area contributed by atoms with Crippen LogP contribution in [0.5, 0.6) is 0 Å². The van der Waals surface area contributed by atoms with Gasteiger partial charge in [0.25, 0.3) is 0 Å². The third-order valence-corrected chi connectivity index (χ3v) is 14.5. The average molecular weight is 881 g/mol. The van der Waals surface area contributed by atoms with Crippen molar-refractivity contribution in [2.45, 2.75) is 18.3 Å². The normalized spacial score (nSPS) is 15.1. The molecule has 0 saturated heterocycles. The third-order valence-electron chi connectivity index (χ3n) is 14.5. The molecule has 0 fully saturated rings. The molecule has 0 aliphatic heterocycles. The topological polar surface area (TPSA) is 6.48 Å². The highest BCUT2D eigenvalue weighted by Gasteiger charge is 2.53. The van der Waals surface area contributed by atoms with Gasteiger partial charge in [-0.2, -0.15) is 0 Å². The molecule has 0 amide bonds. The molecule has 326 valence electrons. The molecule has 1 spiro atoms. The lowest BCUT2D eigenvalue weighted by atomic mass is 9.68. The van der Waals surface area contributed by atoms with Gasteiger partial charge in [-0.1, -0.05) is 200 Å². The Labute approximate surface area is 405 Å². The molecule has 0 N–H and O–H groups in total. The number of hydrogen-bond donors (Lipinski definition) is 0. The van der Waals surface area contributed by atoms with Gasteiger partial charge in [-0.05, 0) is 152 Å². The summed E-state index contributed by atoms with van der Waals surface area (Å²) in [6.45, 7) is 0. The summed E-state index contributed by atoms with van der Waals surface area (Å²) < 4.78 is 0. The summed E-state index contributed by atoms with van der Waals surface area (Å²) >= 11 is 0. The lowest BCUT2D eigenvalue weighted by molar-refractivity contribution is 0.714. The van der Waals surface area contributed by atoms with Crippen molar-refractivity contribution in [1.29, 1.82) is 0 Å². The number of allylic oxidation sites excluding steroid dienone is 4. The maximum absolute atomic E-state index is 2.52. The Bertz CT molecular complexity index is 3590. The lowest BCUT2D eigenvalue weighted by Gasteiger charge is -2.35. The minimum atomic E-state index is -0.504. The maximum Gasteiger partial charge on any atom is 0.0690 e. The Balaban J connectivity index is 1.04. The summed E-state index contributed by atoms with van der Waals surface area (Å²) in [7, 11) is 0. The SMILES string of the molecule is C1=CC2=C(CC1)C1(c3ccccc3-c3ccc(N(c4ccccc4)c4cccc(-c5ccccc5)c4)cc31)c1cccc(N(c3ccc(-c4ccccc4)cc3)c3cccc(-c4ccccc4)c3)c12. The highest BCUT2D eigenvalue weighted by molar-refractivity contribution is 6.03. The van der Waals surface area contributed by atoms with E-state index in [1.807, 2.05) is 0 Å². The summed E-state index contributed by atoms with van der Waals surface area (Å²) in [5, 5.41) is 0. The van der Waals surface area contributed by atoms with Crippen LogP contribution in [0.3, 0.4) is 0 Å². The maximum atomic E-state index is 2.52. The molecular formula is C67H48N2. The van der Waals surface area contributed by atoms with Crippen LogP contribution in [0.15, 0.2) is 273 Å². The highest BCUT2D eigenvalue weighted by Crippen LogP contribution is 2.65. The quantitative estimate of drug-likeness (QED) is 0.143. The van der Waals surface area contributed by atoms with E-state index >= 15 is 0 Å². The summed E-state index contributed by atoms with van der Waals surface area (Å²) in [6, 6.07) is 93.7. The van der Waals surface area contributed by atoms with Gasteiger partial charge >= 0.3 is 0 Å². The van der Waals surface area contributed by atoms with Gasteiger partial charge in [0.1, 0.15) is 0 Å². The largest absolute Gasteiger partial charge is 0.310 e. The highest BCUT2D eigenvalue weighted by atomic mass is 15.2. The molecule has 2 nitrogen and oxygen atoms in total. The molecule has 3 aliphatic carbocycles. The van der Waals surface area contributed by atoms with Crippen molar-refractivity contribution in [1.82, 2.24) is 0 Å². The second kappa shape index (κ2) is 16.9. The number of anilines is 6. The van der Waals surface area contributed by atoms with E-state index in [1.165, 1.54) is 83.6 Å². The van der Waals surface area contributed by atoms with Crippen LogP contribution in [0.2, 0.25) is 0 Å². The van der Waals surface area contributed by atoms with Crippen molar-refractivity contribution < 1.29 is 0 Å². The van der Waals surface area contributed by atoms with Crippen LogP contribution in [0, 0.1) is 0 Å². The third kappa shape index (κ3) is 6.71. The Kier molecular flexibility index (Phi) is 9.91. The first-order chi connectivity index (χ1) is 34.2. The monoisotopic (exact) mass is 880 g/mol. The molecule has 10 aromatic carbocycles. The van der Waals surface area contributed by atoms with E-state index in [9.17, 15) is 0 Å². The Morgan fingerprint density at radius 1 is 0.319 bits per heavy atom. The fraction of sp³-hybridized carbons (Fsp3) is 0.0448. The van der Waals surface area contributed by atoms with E-state index in [1.54, 1.807) is 0 Å². The van der Waals surface area contributed by atoms with Crippen molar-refractivity contribution in [2.75, 3.05) is 9.80 Å². The Morgan fingerprint density at radius 2 is 0.783 bits per heavy atom.